The smallest absolute Gasteiger partial charge is 0.417 e. The zero-order valence-electron chi connectivity index (χ0n) is 15.1. The van der Waals surface area contributed by atoms with Gasteiger partial charge in [-0.1, -0.05) is 46.0 Å². The van der Waals surface area contributed by atoms with Gasteiger partial charge in [0.15, 0.2) is 5.88 Å². The van der Waals surface area contributed by atoms with Crippen LogP contribution in [-0.2, 0) is 9.39 Å². The molecule has 1 aliphatic carbocycles. The molecular formula is C18H32BNO3. The number of unbranched alkanes of at least 4 members (excludes halogenated alkanes) is 2. The highest BCUT2D eigenvalue weighted by Crippen LogP contribution is 2.35. The Balaban J connectivity index is 2.03. The molecule has 5 heteroatoms. The van der Waals surface area contributed by atoms with Crippen molar-refractivity contribution in [2.45, 2.75) is 96.9 Å². The standard InChI is InChI=1S/C18H32BNO3/c1-4-7-13-19(14-8-5-2)23-17(6-3)20-15-11-9-10-12-16(15)22-18(20)21/h6,15-16H,4-5,7-14H2,1-3H3/b17-6-. The first-order chi connectivity index (χ1) is 11.2. The Bertz CT molecular complexity index is 405. The summed E-state index contributed by atoms with van der Waals surface area (Å²) in [7, 11) is 0. The van der Waals surface area contributed by atoms with Crippen LogP contribution in [0.1, 0.15) is 72.1 Å². The third-order valence-electron chi connectivity index (χ3n) is 4.98. The quantitative estimate of drug-likeness (QED) is 0.432. The number of rotatable bonds is 9. The van der Waals surface area contributed by atoms with E-state index in [4.69, 9.17) is 9.39 Å². The van der Waals surface area contributed by atoms with Gasteiger partial charge < -0.3 is 9.39 Å². The molecule has 2 unspecified atom stereocenters. The molecule has 4 nitrogen and oxygen atoms in total. The number of hydrogen-bond acceptors (Lipinski definition) is 3. The van der Waals surface area contributed by atoms with Crippen molar-refractivity contribution >= 4 is 13.0 Å². The van der Waals surface area contributed by atoms with Crippen molar-refractivity contribution in [3.63, 3.8) is 0 Å². The summed E-state index contributed by atoms with van der Waals surface area (Å²) in [5, 5.41) is 0. The van der Waals surface area contributed by atoms with Crippen LogP contribution in [0.5, 0.6) is 0 Å². The first-order valence-electron chi connectivity index (χ1n) is 9.54. The number of ether oxygens (including phenoxy) is 1. The SMILES string of the molecule is C/C=C(\OB(CCCC)CCCC)N1C(=O)OC2CCCCC21. The predicted molar refractivity (Wildman–Crippen MR) is 94.4 cm³/mol. The number of hydrogen-bond donors (Lipinski definition) is 0. The molecule has 2 rings (SSSR count). The van der Waals surface area contributed by atoms with Crippen molar-refractivity contribution in [3.05, 3.63) is 12.0 Å². The van der Waals surface area contributed by atoms with E-state index in [1.54, 1.807) is 4.90 Å². The summed E-state index contributed by atoms with van der Waals surface area (Å²) < 4.78 is 11.9. The Labute approximate surface area is 141 Å². The minimum Gasteiger partial charge on any atom is -0.549 e. The third kappa shape index (κ3) is 4.68. The fourth-order valence-corrected chi connectivity index (χ4v) is 3.65. The van der Waals surface area contributed by atoms with E-state index in [9.17, 15) is 4.79 Å². The molecule has 2 fully saturated rings. The molecule has 0 spiro atoms. The highest BCUT2D eigenvalue weighted by Gasteiger charge is 2.45. The van der Waals surface area contributed by atoms with Gasteiger partial charge >= 0.3 is 13.0 Å². The monoisotopic (exact) mass is 321 g/mol. The van der Waals surface area contributed by atoms with E-state index in [2.05, 4.69) is 13.8 Å². The van der Waals surface area contributed by atoms with Gasteiger partial charge in [0.2, 0.25) is 0 Å². The van der Waals surface area contributed by atoms with E-state index in [0.717, 1.165) is 31.9 Å². The fourth-order valence-electron chi connectivity index (χ4n) is 3.65. The van der Waals surface area contributed by atoms with Gasteiger partial charge in [0.25, 0.3) is 0 Å². The zero-order chi connectivity index (χ0) is 16.7. The molecule has 0 aromatic heterocycles. The van der Waals surface area contributed by atoms with Gasteiger partial charge in [-0.2, -0.15) is 0 Å². The maximum absolute atomic E-state index is 12.3. The molecule has 2 atom stereocenters. The van der Waals surface area contributed by atoms with Gasteiger partial charge in [0.1, 0.15) is 6.10 Å². The van der Waals surface area contributed by atoms with Crippen LogP contribution in [0.25, 0.3) is 0 Å². The number of nitrogens with zero attached hydrogens (tertiary/aromatic N) is 1. The van der Waals surface area contributed by atoms with Crippen molar-refractivity contribution in [1.82, 2.24) is 4.90 Å². The second kappa shape index (κ2) is 9.24. The molecule has 1 saturated heterocycles. The van der Waals surface area contributed by atoms with Crippen LogP contribution in [-0.4, -0.2) is 30.1 Å². The second-order valence-electron chi connectivity index (χ2n) is 6.80. The van der Waals surface area contributed by atoms with Crippen molar-refractivity contribution < 1.29 is 14.2 Å². The Hall–Kier alpha value is -1.13. The molecule has 0 aromatic carbocycles. The average Bonchev–Trinajstić information content (AvgIpc) is 2.90. The van der Waals surface area contributed by atoms with Gasteiger partial charge in [-0.3, -0.25) is 0 Å². The Morgan fingerprint density at radius 2 is 1.91 bits per heavy atom. The summed E-state index contributed by atoms with van der Waals surface area (Å²) in [5.74, 6) is 0.710. The third-order valence-corrected chi connectivity index (χ3v) is 4.98. The lowest BCUT2D eigenvalue weighted by molar-refractivity contribution is 0.113. The maximum Gasteiger partial charge on any atom is 0.417 e. The lowest BCUT2D eigenvalue weighted by Crippen LogP contribution is -2.40. The minimum atomic E-state index is -0.222. The van der Waals surface area contributed by atoms with Gasteiger partial charge in [-0.05, 0) is 44.9 Å². The van der Waals surface area contributed by atoms with E-state index in [-0.39, 0.29) is 25.2 Å². The first-order valence-corrected chi connectivity index (χ1v) is 9.54. The first kappa shape index (κ1) is 18.2. The van der Waals surface area contributed by atoms with Crippen LogP contribution in [0.3, 0.4) is 0 Å². The Morgan fingerprint density at radius 3 is 2.52 bits per heavy atom. The number of amides is 1. The molecule has 0 aromatic rings. The minimum absolute atomic E-state index is 0.0551. The molecule has 0 N–H and O–H groups in total. The van der Waals surface area contributed by atoms with Crippen LogP contribution in [0.2, 0.25) is 12.6 Å². The van der Waals surface area contributed by atoms with Gasteiger partial charge in [-0.15, -0.1) is 0 Å². The Morgan fingerprint density at radius 1 is 1.26 bits per heavy atom. The van der Waals surface area contributed by atoms with E-state index >= 15 is 0 Å². The molecule has 1 saturated carbocycles. The lowest BCUT2D eigenvalue weighted by Gasteiger charge is -2.30. The summed E-state index contributed by atoms with van der Waals surface area (Å²) in [6.07, 6.45) is 12.9. The van der Waals surface area contributed by atoms with Crippen LogP contribution in [0.15, 0.2) is 12.0 Å². The summed E-state index contributed by atoms with van der Waals surface area (Å²) in [6, 6.07) is 0.167. The normalized spacial score (nSPS) is 24.4. The molecule has 0 radical (unpaired) electrons. The summed E-state index contributed by atoms with van der Waals surface area (Å²) in [6.45, 7) is 6.57. The molecular weight excluding hydrogens is 289 g/mol. The fraction of sp³-hybridized carbons (Fsp3) is 0.833. The molecule has 0 bridgehead atoms. The van der Waals surface area contributed by atoms with Gasteiger partial charge in [0.05, 0.1) is 6.04 Å². The van der Waals surface area contributed by atoms with Gasteiger partial charge in [0, 0.05) is 0 Å². The topological polar surface area (TPSA) is 38.8 Å². The largest absolute Gasteiger partial charge is 0.549 e. The summed E-state index contributed by atoms with van der Waals surface area (Å²) in [5.41, 5.74) is 0. The van der Waals surface area contributed by atoms with Crippen molar-refractivity contribution in [1.29, 1.82) is 0 Å². The predicted octanol–water partition coefficient (Wildman–Crippen LogP) is 5.22. The number of fused-ring (bicyclic) bond motifs is 1. The molecule has 1 aliphatic heterocycles. The highest BCUT2D eigenvalue weighted by atomic mass is 16.6. The molecule has 1 heterocycles. The molecule has 23 heavy (non-hydrogen) atoms. The molecule has 130 valence electrons. The number of carbonyl (C=O) groups is 1. The Kier molecular flexibility index (Phi) is 7.32. The highest BCUT2D eigenvalue weighted by molar-refractivity contribution is 6.52. The maximum atomic E-state index is 12.3. The van der Waals surface area contributed by atoms with Gasteiger partial charge in [-0.25, -0.2) is 9.69 Å². The number of allylic oxidation sites excluding steroid dienone is 1. The van der Waals surface area contributed by atoms with Crippen LogP contribution >= 0.6 is 0 Å². The summed E-state index contributed by atoms with van der Waals surface area (Å²) in [4.78, 5) is 14.1. The van der Waals surface area contributed by atoms with Crippen LogP contribution in [0.4, 0.5) is 4.79 Å². The van der Waals surface area contributed by atoms with E-state index in [1.165, 1.54) is 32.1 Å². The van der Waals surface area contributed by atoms with Crippen LogP contribution < -0.4 is 0 Å². The second-order valence-corrected chi connectivity index (χ2v) is 6.80. The van der Waals surface area contributed by atoms with Crippen molar-refractivity contribution in [2.24, 2.45) is 0 Å². The molecule has 1 amide bonds. The van der Waals surface area contributed by atoms with Crippen LogP contribution in [0, 0.1) is 0 Å². The molecule has 2 aliphatic rings. The lowest BCUT2D eigenvalue weighted by atomic mass is 9.59. The van der Waals surface area contributed by atoms with E-state index < -0.39 is 0 Å². The average molecular weight is 321 g/mol. The van der Waals surface area contributed by atoms with E-state index in [0.29, 0.717) is 5.88 Å². The summed E-state index contributed by atoms with van der Waals surface area (Å²) >= 11 is 0. The van der Waals surface area contributed by atoms with Crippen molar-refractivity contribution in [3.8, 4) is 0 Å². The van der Waals surface area contributed by atoms with Crippen molar-refractivity contribution in [2.75, 3.05) is 0 Å². The van der Waals surface area contributed by atoms with E-state index in [1.807, 2.05) is 13.0 Å². The zero-order valence-corrected chi connectivity index (χ0v) is 15.1. The number of carbonyl (C=O) groups excluding carboxylic acids is 1.